The first-order chi connectivity index (χ1) is 12.0. The number of carbonyl (C=O) groups excluding carboxylic acids is 1. The molecule has 0 radical (unpaired) electrons. The number of anilines is 2. The van der Waals surface area contributed by atoms with Gasteiger partial charge in [0.15, 0.2) is 0 Å². The lowest BCUT2D eigenvalue weighted by Gasteiger charge is -2.02. The van der Waals surface area contributed by atoms with Crippen LogP contribution < -0.4 is 10.6 Å². The van der Waals surface area contributed by atoms with Gasteiger partial charge in [-0.05, 0) is 29.8 Å². The van der Waals surface area contributed by atoms with Crippen molar-refractivity contribution in [3.8, 4) is 0 Å². The zero-order valence-electron chi connectivity index (χ0n) is 12.6. The Kier molecular flexibility index (Phi) is 4.94. The minimum absolute atomic E-state index is 0.159. The van der Waals surface area contributed by atoms with Gasteiger partial charge in [0.2, 0.25) is 10.3 Å². The topological polar surface area (TPSA) is 66.9 Å². The lowest BCUT2D eigenvalue weighted by molar-refractivity contribution is 0.102. The van der Waals surface area contributed by atoms with Crippen molar-refractivity contribution in [3.05, 3.63) is 71.0 Å². The van der Waals surface area contributed by atoms with Crippen LogP contribution >= 0.6 is 11.3 Å². The smallest absolute Gasteiger partial charge is 0.257 e. The van der Waals surface area contributed by atoms with Crippen LogP contribution in [-0.2, 0) is 6.54 Å². The van der Waals surface area contributed by atoms with E-state index >= 15 is 0 Å². The maximum absolute atomic E-state index is 13.1. The van der Waals surface area contributed by atoms with Crippen molar-refractivity contribution in [2.24, 2.45) is 0 Å². The molecule has 0 fully saturated rings. The minimum Gasteiger partial charge on any atom is -0.356 e. The molecule has 5 nitrogen and oxygen atoms in total. The van der Waals surface area contributed by atoms with Crippen LogP contribution in [0.3, 0.4) is 0 Å². The van der Waals surface area contributed by atoms with Crippen molar-refractivity contribution in [2.75, 3.05) is 10.6 Å². The number of hydrogen-bond donors (Lipinski definition) is 2. The second-order valence-corrected chi connectivity index (χ2v) is 5.98. The van der Waals surface area contributed by atoms with Crippen LogP contribution in [0.15, 0.2) is 42.5 Å². The molecule has 3 rings (SSSR count). The van der Waals surface area contributed by atoms with Crippen molar-refractivity contribution >= 4 is 27.5 Å². The third-order valence-electron chi connectivity index (χ3n) is 3.13. The molecule has 3 aromatic rings. The van der Waals surface area contributed by atoms with E-state index in [-0.39, 0.29) is 16.5 Å². The Morgan fingerprint density at radius 3 is 2.24 bits per heavy atom. The molecule has 1 aromatic heterocycles. The third-order valence-corrected chi connectivity index (χ3v) is 3.92. The predicted molar refractivity (Wildman–Crippen MR) is 87.9 cm³/mol. The Bertz CT molecular complexity index is 878. The number of rotatable bonds is 5. The van der Waals surface area contributed by atoms with Gasteiger partial charge in [-0.25, -0.2) is 13.2 Å². The molecular weight excluding hydrogens is 353 g/mol. The van der Waals surface area contributed by atoms with Crippen molar-refractivity contribution in [3.63, 3.8) is 0 Å². The van der Waals surface area contributed by atoms with Crippen molar-refractivity contribution < 1.29 is 18.0 Å². The molecule has 0 atom stereocenters. The Morgan fingerprint density at radius 1 is 0.920 bits per heavy atom. The summed E-state index contributed by atoms with van der Waals surface area (Å²) in [6.07, 6.45) is 0. The summed E-state index contributed by atoms with van der Waals surface area (Å²) in [4.78, 5) is 12.0. The van der Waals surface area contributed by atoms with Crippen LogP contribution in [0.5, 0.6) is 0 Å². The standard InChI is InChI=1S/C16H11F3N4OS/c17-11-3-1-9(2-4-11)8-20-15-22-23-16(25-15)21-14(24)10-5-12(18)7-13(19)6-10/h1-7H,8H2,(H,20,22)(H,21,23,24). The Hall–Kier alpha value is -2.94. The molecule has 0 unspecified atom stereocenters. The number of hydrogen-bond acceptors (Lipinski definition) is 5. The fraction of sp³-hybridized carbons (Fsp3) is 0.0625. The summed E-state index contributed by atoms with van der Waals surface area (Å²) in [5.74, 6) is -2.70. The molecular formula is C16H11F3N4OS. The Labute approximate surface area is 144 Å². The molecule has 2 N–H and O–H groups in total. The van der Waals surface area contributed by atoms with Gasteiger partial charge in [-0.2, -0.15) is 0 Å². The van der Waals surface area contributed by atoms with Crippen LogP contribution in [0.4, 0.5) is 23.4 Å². The van der Waals surface area contributed by atoms with Gasteiger partial charge in [0.05, 0.1) is 0 Å². The summed E-state index contributed by atoms with van der Waals surface area (Å²) in [7, 11) is 0. The number of benzene rings is 2. The zero-order chi connectivity index (χ0) is 17.8. The molecule has 0 aliphatic carbocycles. The van der Waals surface area contributed by atoms with E-state index in [9.17, 15) is 18.0 Å². The van der Waals surface area contributed by atoms with Crippen LogP contribution in [0.1, 0.15) is 15.9 Å². The number of nitrogens with one attached hydrogen (secondary N) is 2. The summed E-state index contributed by atoms with van der Waals surface area (Å²) >= 11 is 1.06. The van der Waals surface area contributed by atoms with Gasteiger partial charge in [-0.15, -0.1) is 10.2 Å². The van der Waals surface area contributed by atoms with E-state index in [1.165, 1.54) is 12.1 Å². The molecule has 25 heavy (non-hydrogen) atoms. The van der Waals surface area contributed by atoms with E-state index < -0.39 is 17.5 Å². The maximum Gasteiger partial charge on any atom is 0.257 e. The van der Waals surface area contributed by atoms with Crippen molar-refractivity contribution in [2.45, 2.75) is 6.54 Å². The number of carbonyl (C=O) groups is 1. The molecule has 0 spiro atoms. The normalized spacial score (nSPS) is 10.5. The lowest BCUT2D eigenvalue weighted by Crippen LogP contribution is -2.12. The average Bonchev–Trinajstić information content (AvgIpc) is 3.01. The fourth-order valence-electron chi connectivity index (χ4n) is 1.98. The summed E-state index contributed by atoms with van der Waals surface area (Å²) in [5.41, 5.74) is 0.686. The monoisotopic (exact) mass is 364 g/mol. The van der Waals surface area contributed by atoms with Crippen molar-refractivity contribution in [1.29, 1.82) is 0 Å². The van der Waals surface area contributed by atoms with Gasteiger partial charge >= 0.3 is 0 Å². The van der Waals surface area contributed by atoms with E-state index in [2.05, 4.69) is 20.8 Å². The van der Waals surface area contributed by atoms with Gasteiger partial charge in [0.25, 0.3) is 5.91 Å². The first kappa shape index (κ1) is 16.9. The highest BCUT2D eigenvalue weighted by molar-refractivity contribution is 7.19. The molecule has 1 amide bonds. The highest BCUT2D eigenvalue weighted by Crippen LogP contribution is 2.21. The molecule has 0 saturated heterocycles. The summed E-state index contributed by atoms with van der Waals surface area (Å²) in [5, 5.41) is 13.6. The van der Waals surface area contributed by atoms with Crippen LogP contribution in [0.25, 0.3) is 0 Å². The molecule has 9 heteroatoms. The third kappa shape index (κ3) is 4.54. The first-order valence-corrected chi connectivity index (χ1v) is 7.90. The molecule has 0 aliphatic rings. The van der Waals surface area contributed by atoms with Crippen LogP contribution in [0.2, 0.25) is 0 Å². The van der Waals surface area contributed by atoms with E-state index in [1.54, 1.807) is 12.1 Å². The number of amides is 1. The molecule has 0 saturated carbocycles. The summed E-state index contributed by atoms with van der Waals surface area (Å²) < 4.78 is 39.1. The second kappa shape index (κ2) is 7.31. The quantitative estimate of drug-likeness (QED) is 0.722. The van der Waals surface area contributed by atoms with Gasteiger partial charge in [0, 0.05) is 18.2 Å². The highest BCUT2D eigenvalue weighted by atomic mass is 32.1. The molecule has 128 valence electrons. The van der Waals surface area contributed by atoms with Crippen LogP contribution in [-0.4, -0.2) is 16.1 Å². The number of aromatic nitrogens is 2. The summed E-state index contributed by atoms with van der Waals surface area (Å²) in [6.45, 7) is 0.401. The highest BCUT2D eigenvalue weighted by Gasteiger charge is 2.12. The Balaban J connectivity index is 1.61. The van der Waals surface area contributed by atoms with Gasteiger partial charge in [-0.3, -0.25) is 10.1 Å². The fourth-order valence-corrected chi connectivity index (χ4v) is 2.61. The van der Waals surface area contributed by atoms with E-state index in [0.29, 0.717) is 17.7 Å². The summed E-state index contributed by atoms with van der Waals surface area (Å²) in [6, 6.07) is 8.48. The first-order valence-electron chi connectivity index (χ1n) is 7.09. The zero-order valence-corrected chi connectivity index (χ0v) is 13.4. The van der Waals surface area contributed by atoms with Gasteiger partial charge < -0.3 is 5.32 Å². The minimum atomic E-state index is -0.843. The van der Waals surface area contributed by atoms with E-state index in [0.717, 1.165) is 29.0 Å². The van der Waals surface area contributed by atoms with E-state index in [4.69, 9.17) is 0 Å². The van der Waals surface area contributed by atoms with E-state index in [1.807, 2.05) is 0 Å². The van der Waals surface area contributed by atoms with Crippen molar-refractivity contribution in [1.82, 2.24) is 10.2 Å². The molecule has 1 heterocycles. The van der Waals surface area contributed by atoms with Gasteiger partial charge in [0.1, 0.15) is 17.5 Å². The number of halogens is 3. The number of nitrogens with zero attached hydrogens (tertiary/aromatic N) is 2. The largest absolute Gasteiger partial charge is 0.356 e. The maximum atomic E-state index is 13.1. The SMILES string of the molecule is O=C(Nc1nnc(NCc2ccc(F)cc2)s1)c1cc(F)cc(F)c1. The molecule has 2 aromatic carbocycles. The van der Waals surface area contributed by atoms with Crippen LogP contribution in [0, 0.1) is 17.5 Å². The van der Waals surface area contributed by atoms with Gasteiger partial charge in [-0.1, -0.05) is 23.5 Å². The molecule has 0 bridgehead atoms. The predicted octanol–water partition coefficient (Wildman–Crippen LogP) is 3.82. The lowest BCUT2D eigenvalue weighted by atomic mass is 10.2. The molecule has 0 aliphatic heterocycles. The second-order valence-electron chi connectivity index (χ2n) is 5.00. The average molecular weight is 364 g/mol. The Morgan fingerprint density at radius 2 is 1.56 bits per heavy atom.